The number of nitrogens with one attached hydrogen (secondary N) is 1. The molecule has 27 heavy (non-hydrogen) atoms. The molecule has 0 saturated heterocycles. The van der Waals surface area contributed by atoms with E-state index in [4.69, 9.17) is 9.15 Å². The maximum absolute atomic E-state index is 12.3. The van der Waals surface area contributed by atoms with Gasteiger partial charge in [0.2, 0.25) is 5.89 Å². The topological polar surface area (TPSA) is 77.2 Å². The smallest absolute Gasteiger partial charge is 0.322 e. The number of aromatic nitrogens is 2. The molecule has 6 heteroatoms. The normalized spacial score (nSPS) is 10.8. The molecule has 0 aliphatic heterocycles. The molecule has 1 amide bonds. The fourth-order valence-corrected chi connectivity index (χ4v) is 2.57. The molecule has 3 aromatic rings. The summed E-state index contributed by atoms with van der Waals surface area (Å²) < 4.78 is 11.1. The highest BCUT2D eigenvalue weighted by Gasteiger charge is 2.12. The molecular weight excluding hydrogens is 342 g/mol. The van der Waals surface area contributed by atoms with Crippen molar-refractivity contribution in [2.45, 2.75) is 39.7 Å². The number of anilines is 1. The van der Waals surface area contributed by atoms with Crippen molar-refractivity contribution in [3.63, 3.8) is 0 Å². The van der Waals surface area contributed by atoms with E-state index >= 15 is 0 Å². The van der Waals surface area contributed by atoms with Gasteiger partial charge in [0.25, 0.3) is 5.91 Å². The molecule has 0 spiro atoms. The highest BCUT2D eigenvalue weighted by Crippen LogP contribution is 2.16. The Morgan fingerprint density at radius 1 is 1.04 bits per heavy atom. The summed E-state index contributed by atoms with van der Waals surface area (Å²) in [5, 5.41) is 10.5. The predicted octanol–water partition coefficient (Wildman–Crippen LogP) is 4.26. The summed E-state index contributed by atoms with van der Waals surface area (Å²) in [6, 6.07) is 15.2. The minimum absolute atomic E-state index is 0.0830. The first-order valence-corrected chi connectivity index (χ1v) is 9.01. The molecule has 3 rings (SSSR count). The lowest BCUT2D eigenvalue weighted by molar-refractivity contribution is 0.102. The quantitative estimate of drug-likeness (QED) is 0.677. The van der Waals surface area contributed by atoms with Gasteiger partial charge in [0.15, 0.2) is 0 Å². The molecule has 0 bridgehead atoms. The number of carbonyl (C=O) groups is 1. The lowest BCUT2D eigenvalue weighted by Gasteiger charge is -2.09. The molecule has 0 aliphatic rings. The van der Waals surface area contributed by atoms with Gasteiger partial charge in [-0.15, -0.1) is 5.10 Å². The van der Waals surface area contributed by atoms with Gasteiger partial charge >= 0.3 is 6.01 Å². The average molecular weight is 365 g/mol. The van der Waals surface area contributed by atoms with Gasteiger partial charge in [0, 0.05) is 5.56 Å². The zero-order chi connectivity index (χ0) is 19.2. The monoisotopic (exact) mass is 365 g/mol. The largest absolute Gasteiger partial charge is 0.491 e. The molecule has 0 atom stereocenters. The summed E-state index contributed by atoms with van der Waals surface area (Å²) in [7, 11) is 0. The molecule has 0 radical (unpaired) electrons. The van der Waals surface area contributed by atoms with Crippen molar-refractivity contribution in [2.24, 2.45) is 0 Å². The van der Waals surface area contributed by atoms with Gasteiger partial charge < -0.3 is 9.15 Å². The second-order valence-electron chi connectivity index (χ2n) is 6.49. The lowest BCUT2D eigenvalue weighted by Crippen LogP contribution is -2.12. The third-order valence-corrected chi connectivity index (χ3v) is 3.96. The Kier molecular flexibility index (Phi) is 5.86. The van der Waals surface area contributed by atoms with Crippen LogP contribution in [0, 0.1) is 0 Å². The van der Waals surface area contributed by atoms with Crippen molar-refractivity contribution < 1.29 is 13.9 Å². The molecule has 1 heterocycles. The van der Waals surface area contributed by atoms with E-state index in [0.29, 0.717) is 17.9 Å². The first-order valence-electron chi connectivity index (χ1n) is 9.01. The van der Waals surface area contributed by atoms with Crippen LogP contribution in [0.25, 0.3) is 0 Å². The van der Waals surface area contributed by atoms with Crippen molar-refractivity contribution >= 4 is 11.9 Å². The van der Waals surface area contributed by atoms with Crippen LogP contribution in [0.1, 0.15) is 48.1 Å². The number of aryl methyl sites for hydroxylation is 1. The highest BCUT2D eigenvalue weighted by atomic mass is 16.5. The first kappa shape index (κ1) is 18.6. The summed E-state index contributed by atoms with van der Waals surface area (Å²) in [4.78, 5) is 12.3. The van der Waals surface area contributed by atoms with Crippen LogP contribution in [-0.2, 0) is 12.8 Å². The van der Waals surface area contributed by atoms with Crippen molar-refractivity contribution in [2.75, 3.05) is 5.32 Å². The summed E-state index contributed by atoms with van der Waals surface area (Å²) in [5.41, 5.74) is 2.84. The average Bonchev–Trinajstić information content (AvgIpc) is 3.09. The number of amides is 1. The molecule has 1 aromatic heterocycles. The van der Waals surface area contributed by atoms with E-state index < -0.39 is 0 Å². The maximum Gasteiger partial charge on any atom is 0.322 e. The van der Waals surface area contributed by atoms with E-state index in [1.54, 1.807) is 24.3 Å². The molecule has 140 valence electrons. The molecule has 0 aliphatic carbocycles. The molecule has 6 nitrogen and oxygen atoms in total. The van der Waals surface area contributed by atoms with E-state index in [1.807, 2.05) is 26.0 Å². The van der Waals surface area contributed by atoms with Crippen LogP contribution in [0.15, 0.2) is 52.9 Å². The molecule has 0 unspecified atom stereocenters. The van der Waals surface area contributed by atoms with Gasteiger partial charge in [-0.3, -0.25) is 10.1 Å². The summed E-state index contributed by atoms with van der Waals surface area (Å²) >= 11 is 0. The van der Waals surface area contributed by atoms with Gasteiger partial charge in [-0.05, 0) is 55.7 Å². The second-order valence-corrected chi connectivity index (χ2v) is 6.49. The third-order valence-electron chi connectivity index (χ3n) is 3.96. The van der Waals surface area contributed by atoms with E-state index in [-0.39, 0.29) is 18.0 Å². The van der Waals surface area contributed by atoms with Crippen molar-refractivity contribution in [1.29, 1.82) is 0 Å². The maximum atomic E-state index is 12.3. The van der Waals surface area contributed by atoms with Gasteiger partial charge in [0.1, 0.15) is 5.75 Å². The fourth-order valence-electron chi connectivity index (χ4n) is 2.57. The zero-order valence-electron chi connectivity index (χ0n) is 15.7. The zero-order valence-corrected chi connectivity index (χ0v) is 15.7. The number of carbonyl (C=O) groups excluding carboxylic acids is 1. The highest BCUT2D eigenvalue weighted by molar-refractivity contribution is 6.03. The Labute approximate surface area is 158 Å². The van der Waals surface area contributed by atoms with Crippen LogP contribution >= 0.6 is 0 Å². The standard InChI is InChI=1S/C21H23N3O3/c1-4-15-5-7-16(8-6-15)13-19-23-24-21(27-19)22-20(25)17-9-11-18(12-10-17)26-14(2)3/h5-12,14H,4,13H2,1-3H3,(H,22,24,25). The van der Waals surface area contributed by atoms with Gasteiger partial charge in [-0.1, -0.05) is 36.3 Å². The van der Waals surface area contributed by atoms with Crippen LogP contribution in [-0.4, -0.2) is 22.2 Å². The summed E-state index contributed by atoms with van der Waals surface area (Å²) in [5.74, 6) is 0.861. The number of ether oxygens (including phenoxy) is 1. The Balaban J connectivity index is 1.60. The van der Waals surface area contributed by atoms with Gasteiger partial charge in [-0.2, -0.15) is 0 Å². The Morgan fingerprint density at radius 3 is 2.33 bits per heavy atom. The van der Waals surface area contributed by atoms with E-state index in [1.165, 1.54) is 5.56 Å². The predicted molar refractivity (Wildman–Crippen MR) is 103 cm³/mol. The Bertz CT molecular complexity index is 884. The lowest BCUT2D eigenvalue weighted by atomic mass is 10.1. The molecule has 0 fully saturated rings. The number of hydrogen-bond acceptors (Lipinski definition) is 5. The third kappa shape index (κ3) is 5.17. The molecular formula is C21H23N3O3. The number of nitrogens with zero attached hydrogens (tertiary/aromatic N) is 2. The van der Waals surface area contributed by atoms with Crippen LogP contribution in [0.5, 0.6) is 5.75 Å². The van der Waals surface area contributed by atoms with E-state index in [0.717, 1.165) is 17.7 Å². The Morgan fingerprint density at radius 2 is 1.70 bits per heavy atom. The minimum Gasteiger partial charge on any atom is -0.491 e. The first-order chi connectivity index (χ1) is 13.0. The van der Waals surface area contributed by atoms with E-state index in [2.05, 4.69) is 34.6 Å². The SMILES string of the molecule is CCc1ccc(Cc2nnc(NC(=O)c3ccc(OC(C)C)cc3)o2)cc1. The number of hydrogen-bond donors (Lipinski definition) is 1. The number of benzene rings is 2. The van der Waals surface area contributed by atoms with Crippen LogP contribution in [0.3, 0.4) is 0 Å². The number of rotatable bonds is 7. The minimum atomic E-state index is -0.311. The van der Waals surface area contributed by atoms with Crippen molar-refractivity contribution in [1.82, 2.24) is 10.2 Å². The molecule has 1 N–H and O–H groups in total. The van der Waals surface area contributed by atoms with Crippen molar-refractivity contribution in [3.8, 4) is 5.75 Å². The summed E-state index contributed by atoms with van der Waals surface area (Å²) in [6.45, 7) is 6.02. The second kappa shape index (κ2) is 8.49. The van der Waals surface area contributed by atoms with E-state index in [9.17, 15) is 4.79 Å². The van der Waals surface area contributed by atoms with Gasteiger partial charge in [0.05, 0.1) is 12.5 Å². The van der Waals surface area contributed by atoms with Crippen molar-refractivity contribution in [3.05, 3.63) is 71.1 Å². The summed E-state index contributed by atoms with van der Waals surface area (Å²) in [6.07, 6.45) is 1.61. The van der Waals surface area contributed by atoms with Crippen LogP contribution in [0.2, 0.25) is 0 Å². The Hall–Kier alpha value is -3.15. The fraction of sp³-hybridized carbons (Fsp3) is 0.286. The molecule has 2 aromatic carbocycles. The van der Waals surface area contributed by atoms with Gasteiger partial charge in [-0.25, -0.2) is 0 Å². The van der Waals surface area contributed by atoms with Crippen LogP contribution in [0.4, 0.5) is 6.01 Å². The van der Waals surface area contributed by atoms with Crippen LogP contribution < -0.4 is 10.1 Å². The molecule has 0 saturated carbocycles.